The van der Waals surface area contributed by atoms with Gasteiger partial charge in [-0.3, -0.25) is 4.79 Å². The molecule has 218 valence electrons. The summed E-state index contributed by atoms with van der Waals surface area (Å²) >= 11 is 0. The molecular formula is C26H28F4N8O3. The van der Waals surface area contributed by atoms with Crippen molar-refractivity contribution in [1.82, 2.24) is 40.4 Å². The van der Waals surface area contributed by atoms with Gasteiger partial charge in [-0.05, 0) is 48.4 Å². The van der Waals surface area contributed by atoms with Crippen molar-refractivity contribution in [2.75, 3.05) is 0 Å². The first kappa shape index (κ1) is 26.1. The molecule has 0 spiro atoms. The van der Waals surface area contributed by atoms with Crippen LogP contribution in [0.25, 0.3) is 5.65 Å². The number of nitrogens with zero attached hydrogens (tertiary/aromatic N) is 6. The summed E-state index contributed by atoms with van der Waals surface area (Å²) in [7, 11) is 0. The number of hydrogen-bond acceptors (Lipinski definition) is 7. The Bertz CT molecular complexity index is 1490. The van der Waals surface area contributed by atoms with Crippen LogP contribution in [0.1, 0.15) is 90.8 Å². The third kappa shape index (κ3) is 4.99. The molecule has 0 radical (unpaired) electrons. The Balaban J connectivity index is 1.15. The molecule has 3 aliphatic carbocycles. The maximum Gasteiger partial charge on any atom is 0.318 e. The number of urea groups is 1. The largest absolute Gasteiger partial charge is 0.342 e. The molecule has 2 unspecified atom stereocenters. The zero-order valence-corrected chi connectivity index (χ0v) is 21.9. The maximum atomic E-state index is 14.0. The van der Waals surface area contributed by atoms with Crippen molar-refractivity contribution in [2.24, 2.45) is 5.92 Å². The Morgan fingerprint density at radius 3 is 2.66 bits per heavy atom. The molecule has 0 aromatic carbocycles. The van der Waals surface area contributed by atoms with Crippen molar-refractivity contribution in [3.8, 4) is 0 Å². The fourth-order valence-electron chi connectivity index (χ4n) is 6.43. The predicted molar refractivity (Wildman–Crippen MR) is 132 cm³/mol. The van der Waals surface area contributed by atoms with Gasteiger partial charge < -0.3 is 15.5 Å². The first-order valence-corrected chi connectivity index (χ1v) is 13.9. The van der Waals surface area contributed by atoms with E-state index in [4.69, 9.17) is 4.63 Å². The second-order valence-electron chi connectivity index (χ2n) is 11.8. The van der Waals surface area contributed by atoms with E-state index in [2.05, 4.69) is 31.0 Å². The highest BCUT2D eigenvalue weighted by Gasteiger charge is 2.54. The van der Waals surface area contributed by atoms with E-state index >= 15 is 0 Å². The highest BCUT2D eigenvalue weighted by atomic mass is 19.3. The topological polar surface area (TPSA) is 131 Å². The maximum absolute atomic E-state index is 14.0. The molecule has 4 fully saturated rings. The number of imidazole rings is 1. The van der Waals surface area contributed by atoms with Gasteiger partial charge in [-0.1, -0.05) is 5.16 Å². The zero-order chi connectivity index (χ0) is 28.5. The Labute approximate surface area is 231 Å². The first-order chi connectivity index (χ1) is 19.6. The Morgan fingerprint density at radius 1 is 1.12 bits per heavy atom. The average Bonchev–Trinajstić information content (AvgIpc) is 3.23. The Kier molecular flexibility index (Phi) is 5.98. The van der Waals surface area contributed by atoms with Gasteiger partial charge in [-0.15, -0.1) is 0 Å². The van der Waals surface area contributed by atoms with E-state index < -0.39 is 48.3 Å². The molecule has 3 saturated carbocycles. The van der Waals surface area contributed by atoms with E-state index in [0.29, 0.717) is 22.6 Å². The molecule has 2 N–H and O–H groups in total. The van der Waals surface area contributed by atoms with Gasteiger partial charge >= 0.3 is 6.03 Å². The molecule has 11 nitrogen and oxygen atoms in total. The van der Waals surface area contributed by atoms with Crippen molar-refractivity contribution in [3.63, 3.8) is 0 Å². The second kappa shape index (κ2) is 9.38. The number of carbonyl (C=O) groups is 2. The van der Waals surface area contributed by atoms with E-state index in [-0.39, 0.29) is 56.2 Å². The molecule has 3 aromatic rings. The summed E-state index contributed by atoms with van der Waals surface area (Å²) in [6.45, 7) is 0.0791. The summed E-state index contributed by atoms with van der Waals surface area (Å²) in [5.41, 5.74) is 2.03. The van der Waals surface area contributed by atoms with E-state index in [9.17, 15) is 27.2 Å². The lowest BCUT2D eigenvalue weighted by molar-refractivity contribution is -0.0495. The number of fused-ring (bicyclic) bond motifs is 2. The number of rotatable bonds is 7. The minimum atomic E-state index is -2.83. The number of carbonyl (C=O) groups excluding carboxylic acids is 2. The molecule has 0 bridgehead atoms. The fraction of sp³-hybridized carbons (Fsp3) is 0.615. The molecule has 1 aliphatic heterocycles. The zero-order valence-electron chi connectivity index (χ0n) is 21.9. The lowest BCUT2D eigenvalue weighted by atomic mass is 9.81. The average molecular weight is 577 g/mol. The summed E-state index contributed by atoms with van der Waals surface area (Å²) in [4.78, 5) is 31.8. The lowest BCUT2D eigenvalue weighted by Gasteiger charge is -2.33. The van der Waals surface area contributed by atoms with Crippen LogP contribution in [0, 0.1) is 5.92 Å². The number of nitrogens with one attached hydrogen (secondary N) is 2. The van der Waals surface area contributed by atoms with Crippen LogP contribution in [0.3, 0.4) is 0 Å². The summed E-state index contributed by atoms with van der Waals surface area (Å²) in [5, 5.41) is 17.6. The van der Waals surface area contributed by atoms with Crippen LogP contribution in [0.2, 0.25) is 0 Å². The number of hydrogen-bond donors (Lipinski definition) is 2. The van der Waals surface area contributed by atoms with Gasteiger partial charge in [-0.25, -0.2) is 36.5 Å². The second-order valence-corrected chi connectivity index (χ2v) is 11.8. The Hall–Kier alpha value is -3.78. The van der Waals surface area contributed by atoms with Crippen molar-refractivity contribution in [3.05, 3.63) is 41.1 Å². The van der Waals surface area contributed by atoms with Crippen LogP contribution in [0.15, 0.2) is 23.1 Å². The molecule has 4 aliphatic rings. The molecule has 4 heterocycles. The third-order valence-electron chi connectivity index (χ3n) is 8.74. The first-order valence-electron chi connectivity index (χ1n) is 13.9. The van der Waals surface area contributed by atoms with Gasteiger partial charge in [0.25, 0.3) is 11.8 Å². The van der Waals surface area contributed by atoms with E-state index in [1.165, 1.54) is 15.6 Å². The van der Waals surface area contributed by atoms with Gasteiger partial charge in [0.15, 0.2) is 11.3 Å². The molecule has 3 amide bonds. The van der Waals surface area contributed by atoms with Gasteiger partial charge in [0.2, 0.25) is 5.92 Å². The van der Waals surface area contributed by atoms with Gasteiger partial charge in [0, 0.05) is 38.1 Å². The fourth-order valence-corrected chi connectivity index (χ4v) is 6.43. The minimum Gasteiger partial charge on any atom is -0.342 e. The number of halogens is 4. The van der Waals surface area contributed by atoms with E-state index in [1.807, 2.05) is 0 Å². The molecule has 3 aromatic heterocycles. The van der Waals surface area contributed by atoms with Crippen molar-refractivity contribution < 1.29 is 31.8 Å². The molecule has 3 atom stereocenters. The molecule has 1 saturated heterocycles. The summed E-state index contributed by atoms with van der Waals surface area (Å²) < 4.78 is 62.2. The molecule has 15 heteroatoms. The van der Waals surface area contributed by atoms with E-state index in [1.54, 1.807) is 12.3 Å². The molecular weight excluding hydrogens is 548 g/mol. The standard InChI is InChI=1S/C26H28F4N8O3/c27-25(28)5-3-15(4-6-25)20(34-23(39)22-21(14-1-2-14)35-41-36-22)17-12-38-19(32-17)7-13(10-31-38)11-37-18-9-26(29,30)8-16(18)33-24(37)40/h7,10,12,14-16,18,20H,1-6,8-9,11H2,(H,33,40)(H,34,39)/t16-,18?,20?/m1/s1. The summed E-state index contributed by atoms with van der Waals surface area (Å²) in [5.74, 6) is -6.27. The van der Waals surface area contributed by atoms with Crippen molar-refractivity contribution >= 4 is 17.6 Å². The minimum absolute atomic E-state index is 0.0791. The quantitative estimate of drug-likeness (QED) is 0.407. The lowest BCUT2D eigenvalue weighted by Crippen LogP contribution is -2.37. The van der Waals surface area contributed by atoms with Crippen LogP contribution >= 0.6 is 0 Å². The summed E-state index contributed by atoms with van der Waals surface area (Å²) in [6.07, 6.45) is 3.95. The third-order valence-corrected chi connectivity index (χ3v) is 8.74. The number of aromatic nitrogens is 5. The number of amides is 3. The monoisotopic (exact) mass is 576 g/mol. The molecule has 41 heavy (non-hydrogen) atoms. The van der Waals surface area contributed by atoms with Crippen LogP contribution in [0.5, 0.6) is 0 Å². The number of alkyl halides is 4. The smallest absolute Gasteiger partial charge is 0.318 e. The summed E-state index contributed by atoms with van der Waals surface area (Å²) in [6, 6.07) is -0.604. The van der Waals surface area contributed by atoms with Gasteiger partial charge in [0.1, 0.15) is 5.69 Å². The highest BCUT2D eigenvalue weighted by molar-refractivity contribution is 5.93. The highest BCUT2D eigenvalue weighted by Crippen LogP contribution is 2.43. The Morgan fingerprint density at radius 2 is 1.90 bits per heavy atom. The molecule has 7 rings (SSSR count). The van der Waals surface area contributed by atoms with Gasteiger partial charge in [0.05, 0.1) is 36.2 Å². The normalized spacial score (nSPS) is 26.2. The van der Waals surface area contributed by atoms with Crippen LogP contribution in [-0.2, 0) is 6.54 Å². The van der Waals surface area contributed by atoms with Crippen molar-refractivity contribution in [2.45, 2.75) is 93.8 Å². The predicted octanol–water partition coefficient (Wildman–Crippen LogP) is 3.98. The SMILES string of the molecule is O=C(NC(c1cn2ncc(CN3C(=O)N[C@@H]4CC(F)(F)CC43)cc2n1)C1CCC(F)(F)CC1)c1nonc1C1CC1. The van der Waals surface area contributed by atoms with Crippen LogP contribution in [-0.4, -0.2) is 65.7 Å². The van der Waals surface area contributed by atoms with Gasteiger partial charge in [-0.2, -0.15) is 5.10 Å². The van der Waals surface area contributed by atoms with E-state index in [0.717, 1.165) is 12.8 Å². The van der Waals surface area contributed by atoms with Crippen molar-refractivity contribution in [1.29, 1.82) is 0 Å². The van der Waals surface area contributed by atoms with Crippen LogP contribution < -0.4 is 10.6 Å². The van der Waals surface area contributed by atoms with Crippen LogP contribution in [0.4, 0.5) is 22.4 Å².